The van der Waals surface area contributed by atoms with Crippen molar-refractivity contribution < 1.29 is 14.7 Å². The molecule has 0 radical (unpaired) electrons. The molecule has 1 N–H and O–H groups in total. The minimum Gasteiger partial charge on any atom is -0.480 e. The number of nitrogens with zero attached hydrogens (tertiary/aromatic N) is 1. The summed E-state index contributed by atoms with van der Waals surface area (Å²) in [6, 6.07) is 6.53. The van der Waals surface area contributed by atoms with Gasteiger partial charge in [-0.3, -0.25) is 4.79 Å². The first kappa shape index (κ1) is 13.7. The lowest BCUT2D eigenvalue weighted by Gasteiger charge is -2.32. The Morgan fingerprint density at radius 3 is 2.78 bits per heavy atom. The molecule has 1 fully saturated rings. The topological polar surface area (TPSA) is 57.6 Å². The van der Waals surface area contributed by atoms with Gasteiger partial charge < -0.3 is 10.0 Å². The van der Waals surface area contributed by atoms with Crippen LogP contribution in [0.15, 0.2) is 24.3 Å². The summed E-state index contributed by atoms with van der Waals surface area (Å²) >= 11 is 3.67. The third-order valence-corrected chi connectivity index (χ3v) is 4.74. The number of halogens is 1. The van der Waals surface area contributed by atoms with E-state index in [1.165, 1.54) is 4.90 Å². The quantitative estimate of drug-likeness (QED) is 0.801. The van der Waals surface area contributed by atoms with Gasteiger partial charge in [-0.15, -0.1) is 0 Å². The van der Waals surface area contributed by atoms with Crippen molar-refractivity contribution in [2.75, 3.05) is 18.1 Å². The first-order chi connectivity index (χ1) is 8.61. The van der Waals surface area contributed by atoms with Crippen LogP contribution in [-0.2, 0) is 4.79 Å². The molecular formula is C12H12INO3S. The summed E-state index contributed by atoms with van der Waals surface area (Å²) in [6.45, 7) is 0.492. The van der Waals surface area contributed by atoms with Crippen molar-refractivity contribution in [3.8, 4) is 0 Å². The molecule has 1 heterocycles. The molecule has 1 aromatic carbocycles. The molecule has 4 nitrogen and oxygen atoms in total. The molecule has 0 spiro atoms. The van der Waals surface area contributed by atoms with E-state index in [0.717, 1.165) is 9.32 Å². The SMILES string of the molecule is O=C(O)C1CSCCN1C(=O)c1ccccc1I. The second kappa shape index (κ2) is 5.92. The molecule has 6 heteroatoms. The van der Waals surface area contributed by atoms with Gasteiger partial charge in [0.1, 0.15) is 6.04 Å². The van der Waals surface area contributed by atoms with E-state index in [4.69, 9.17) is 5.11 Å². The number of hydrogen-bond donors (Lipinski definition) is 1. The molecular weight excluding hydrogens is 365 g/mol. The van der Waals surface area contributed by atoms with E-state index in [1.54, 1.807) is 23.9 Å². The standard InChI is InChI=1S/C12H12INO3S/c13-9-4-2-1-3-8(9)11(15)14-5-6-18-7-10(14)12(16)17/h1-4,10H,5-7H2,(H,16,17). The molecule has 96 valence electrons. The van der Waals surface area contributed by atoms with Gasteiger partial charge in [0.25, 0.3) is 5.91 Å². The van der Waals surface area contributed by atoms with Crippen molar-refractivity contribution in [3.05, 3.63) is 33.4 Å². The molecule has 0 aromatic heterocycles. The minimum absolute atomic E-state index is 0.187. The van der Waals surface area contributed by atoms with Crippen LogP contribution in [0.2, 0.25) is 0 Å². The van der Waals surface area contributed by atoms with Crippen LogP contribution in [0.4, 0.5) is 0 Å². The minimum atomic E-state index is -0.929. The number of amides is 1. The molecule has 1 atom stereocenters. The number of thioether (sulfide) groups is 1. The van der Waals surface area contributed by atoms with Gasteiger partial charge in [0.05, 0.1) is 5.56 Å². The predicted octanol–water partition coefficient (Wildman–Crippen LogP) is 1.93. The summed E-state index contributed by atoms with van der Waals surface area (Å²) in [5.41, 5.74) is 0.580. The zero-order chi connectivity index (χ0) is 13.1. The highest BCUT2D eigenvalue weighted by Crippen LogP contribution is 2.21. The van der Waals surface area contributed by atoms with Crippen molar-refractivity contribution in [1.82, 2.24) is 4.90 Å². The molecule has 1 unspecified atom stereocenters. The third kappa shape index (κ3) is 2.80. The average molecular weight is 377 g/mol. The highest BCUT2D eigenvalue weighted by atomic mass is 127. The lowest BCUT2D eigenvalue weighted by molar-refractivity contribution is -0.141. The molecule has 1 aliphatic heterocycles. The smallest absolute Gasteiger partial charge is 0.327 e. The Hall–Kier alpha value is -0.760. The molecule has 0 bridgehead atoms. The van der Waals surface area contributed by atoms with E-state index in [2.05, 4.69) is 22.6 Å². The third-order valence-electron chi connectivity index (χ3n) is 2.78. The molecule has 1 aliphatic rings. The zero-order valence-electron chi connectivity index (χ0n) is 9.51. The Bertz CT molecular complexity index is 480. The maximum Gasteiger partial charge on any atom is 0.327 e. The van der Waals surface area contributed by atoms with E-state index in [9.17, 15) is 9.59 Å². The van der Waals surface area contributed by atoms with Crippen LogP contribution in [0.3, 0.4) is 0 Å². The first-order valence-corrected chi connectivity index (χ1v) is 7.70. The maximum absolute atomic E-state index is 12.4. The lowest BCUT2D eigenvalue weighted by atomic mass is 10.1. The van der Waals surface area contributed by atoms with Crippen molar-refractivity contribution in [3.63, 3.8) is 0 Å². The molecule has 1 amide bonds. The number of carbonyl (C=O) groups excluding carboxylic acids is 1. The summed E-state index contributed by atoms with van der Waals surface area (Å²) in [5, 5.41) is 9.16. The zero-order valence-corrected chi connectivity index (χ0v) is 12.5. The second-order valence-electron chi connectivity index (χ2n) is 3.91. The van der Waals surface area contributed by atoms with Gasteiger partial charge in [0.2, 0.25) is 0 Å². The average Bonchev–Trinajstić information content (AvgIpc) is 2.38. The van der Waals surface area contributed by atoms with Crippen LogP contribution in [0, 0.1) is 3.57 Å². The number of aliphatic carboxylic acids is 1. The van der Waals surface area contributed by atoms with Gasteiger partial charge in [0, 0.05) is 21.6 Å². The Morgan fingerprint density at radius 2 is 2.11 bits per heavy atom. The predicted molar refractivity (Wildman–Crippen MR) is 78.9 cm³/mol. The number of carboxylic acid groups (broad SMARTS) is 1. The lowest BCUT2D eigenvalue weighted by Crippen LogP contribution is -2.50. The Kier molecular flexibility index (Phi) is 4.50. The van der Waals surface area contributed by atoms with Gasteiger partial charge in [-0.25, -0.2) is 4.79 Å². The Labute approximate surface area is 123 Å². The fraction of sp³-hybridized carbons (Fsp3) is 0.333. The fourth-order valence-electron chi connectivity index (χ4n) is 1.84. The van der Waals surface area contributed by atoms with Crippen molar-refractivity contribution in [2.24, 2.45) is 0 Å². The van der Waals surface area contributed by atoms with Gasteiger partial charge in [-0.05, 0) is 34.7 Å². The number of carbonyl (C=O) groups is 2. The summed E-state index contributed by atoms with van der Waals surface area (Å²) in [6.07, 6.45) is 0. The molecule has 0 aliphatic carbocycles. The largest absolute Gasteiger partial charge is 0.480 e. The van der Waals surface area contributed by atoms with Gasteiger partial charge in [-0.2, -0.15) is 11.8 Å². The summed E-state index contributed by atoms with van der Waals surface area (Å²) in [4.78, 5) is 25.0. The molecule has 0 saturated carbocycles. The molecule has 2 rings (SSSR count). The summed E-state index contributed by atoms with van der Waals surface area (Å²) in [7, 11) is 0. The van der Waals surface area contributed by atoms with Crippen molar-refractivity contribution >= 4 is 46.2 Å². The Balaban J connectivity index is 2.27. The van der Waals surface area contributed by atoms with Crippen molar-refractivity contribution in [1.29, 1.82) is 0 Å². The maximum atomic E-state index is 12.4. The van der Waals surface area contributed by atoms with E-state index in [0.29, 0.717) is 17.9 Å². The van der Waals surface area contributed by atoms with Crippen LogP contribution < -0.4 is 0 Å². The van der Waals surface area contributed by atoms with Gasteiger partial charge in [0.15, 0.2) is 0 Å². The number of rotatable bonds is 2. The molecule has 18 heavy (non-hydrogen) atoms. The normalized spacial score (nSPS) is 19.6. The number of benzene rings is 1. The molecule has 1 aromatic rings. The van der Waals surface area contributed by atoms with E-state index < -0.39 is 12.0 Å². The fourth-order valence-corrected chi connectivity index (χ4v) is 3.50. The molecule has 1 saturated heterocycles. The van der Waals surface area contributed by atoms with E-state index in [1.807, 2.05) is 12.1 Å². The van der Waals surface area contributed by atoms with Crippen LogP contribution in [-0.4, -0.2) is 46.0 Å². The summed E-state index contributed by atoms with van der Waals surface area (Å²) < 4.78 is 0.850. The van der Waals surface area contributed by atoms with Crippen LogP contribution in [0.25, 0.3) is 0 Å². The Morgan fingerprint density at radius 1 is 1.39 bits per heavy atom. The van der Waals surface area contributed by atoms with Crippen LogP contribution in [0.5, 0.6) is 0 Å². The number of hydrogen-bond acceptors (Lipinski definition) is 3. The highest BCUT2D eigenvalue weighted by Gasteiger charge is 2.33. The van der Waals surface area contributed by atoms with E-state index in [-0.39, 0.29) is 5.91 Å². The van der Waals surface area contributed by atoms with Crippen LogP contribution in [0.1, 0.15) is 10.4 Å². The number of carboxylic acids is 1. The summed E-state index contributed by atoms with van der Waals surface area (Å²) in [5.74, 6) is 0.137. The monoisotopic (exact) mass is 377 g/mol. The second-order valence-corrected chi connectivity index (χ2v) is 6.22. The highest BCUT2D eigenvalue weighted by molar-refractivity contribution is 14.1. The van der Waals surface area contributed by atoms with E-state index >= 15 is 0 Å². The van der Waals surface area contributed by atoms with Crippen LogP contribution >= 0.6 is 34.4 Å². The van der Waals surface area contributed by atoms with Gasteiger partial charge in [-0.1, -0.05) is 12.1 Å². The van der Waals surface area contributed by atoms with Gasteiger partial charge >= 0.3 is 5.97 Å². The van der Waals surface area contributed by atoms with Crippen molar-refractivity contribution in [2.45, 2.75) is 6.04 Å². The first-order valence-electron chi connectivity index (χ1n) is 5.47.